The molecule has 104 valence electrons. The van der Waals surface area contributed by atoms with Crippen molar-refractivity contribution in [1.82, 2.24) is 0 Å². The highest BCUT2D eigenvalue weighted by molar-refractivity contribution is 7.99. The van der Waals surface area contributed by atoms with Gasteiger partial charge < -0.3 is 5.11 Å². The topological polar surface area (TPSA) is 80.4 Å². The van der Waals surface area contributed by atoms with E-state index in [1.807, 2.05) is 0 Å². The minimum atomic E-state index is -0.967. The second-order valence-corrected chi connectivity index (χ2v) is 5.45. The van der Waals surface area contributed by atoms with Crippen LogP contribution in [0.15, 0.2) is 18.2 Å². The number of carboxylic acids is 1. The smallest absolute Gasteiger partial charge is 0.316 e. The molecule has 0 radical (unpaired) electrons. The van der Waals surface area contributed by atoms with E-state index in [1.165, 1.54) is 12.1 Å². The van der Waals surface area contributed by atoms with E-state index in [-0.39, 0.29) is 17.2 Å². The monoisotopic (exact) mass is 287 g/mol. The minimum Gasteiger partial charge on any atom is -0.480 e. The summed E-state index contributed by atoms with van der Waals surface area (Å²) >= 11 is 1.06. The van der Waals surface area contributed by atoms with Crippen molar-refractivity contribution in [2.45, 2.75) is 24.9 Å². The van der Waals surface area contributed by atoms with Crippen LogP contribution in [0.5, 0.6) is 0 Å². The Hall–Kier alpha value is -1.63. The highest BCUT2D eigenvalue weighted by Gasteiger charge is 2.24. The number of carboxylic acid groups (broad SMARTS) is 1. The Labute approximate surface area is 114 Å². The molecule has 0 heterocycles. The Kier molecular flexibility index (Phi) is 5.29. The van der Waals surface area contributed by atoms with E-state index in [0.29, 0.717) is 0 Å². The summed E-state index contributed by atoms with van der Waals surface area (Å²) in [6.07, 6.45) is 0. The predicted octanol–water partition coefficient (Wildman–Crippen LogP) is 3.08. The van der Waals surface area contributed by atoms with Crippen LogP contribution >= 0.6 is 11.8 Å². The number of hydrogen-bond acceptors (Lipinski definition) is 4. The van der Waals surface area contributed by atoms with Crippen LogP contribution in [-0.4, -0.2) is 21.2 Å². The van der Waals surface area contributed by atoms with Gasteiger partial charge >= 0.3 is 11.7 Å². The molecule has 0 saturated carbocycles. The Balaban J connectivity index is 2.86. The van der Waals surface area contributed by atoms with Crippen molar-refractivity contribution in [3.8, 4) is 0 Å². The molecular weight excluding hydrogens is 273 g/mol. The Morgan fingerprint density at radius 3 is 2.63 bits per heavy atom. The first-order valence-corrected chi connectivity index (χ1v) is 6.65. The number of nitro benzene ring substituents is 1. The van der Waals surface area contributed by atoms with E-state index < -0.39 is 27.6 Å². The zero-order chi connectivity index (χ0) is 14.6. The summed E-state index contributed by atoms with van der Waals surface area (Å²) in [6.45, 7) is 3.52. The van der Waals surface area contributed by atoms with Crippen molar-refractivity contribution >= 4 is 23.4 Å². The van der Waals surface area contributed by atoms with Crippen molar-refractivity contribution < 1.29 is 19.2 Å². The number of carbonyl (C=O) groups is 1. The van der Waals surface area contributed by atoms with Crippen LogP contribution in [0, 0.1) is 21.8 Å². The molecule has 0 saturated heterocycles. The van der Waals surface area contributed by atoms with Gasteiger partial charge in [0.25, 0.3) is 0 Å². The molecular formula is C12H14FNO4S. The van der Waals surface area contributed by atoms with E-state index in [4.69, 9.17) is 5.11 Å². The molecule has 1 rings (SSSR count). The molecule has 19 heavy (non-hydrogen) atoms. The summed E-state index contributed by atoms with van der Waals surface area (Å²) in [5.41, 5.74) is -0.444. The molecule has 0 amide bonds. The van der Waals surface area contributed by atoms with Crippen LogP contribution in [0.2, 0.25) is 0 Å². The van der Waals surface area contributed by atoms with E-state index >= 15 is 0 Å². The summed E-state index contributed by atoms with van der Waals surface area (Å²) in [5.74, 6) is -1.88. The number of halogens is 1. The van der Waals surface area contributed by atoms with Crippen LogP contribution in [0.1, 0.15) is 19.4 Å². The van der Waals surface area contributed by atoms with E-state index in [0.717, 1.165) is 17.8 Å². The Morgan fingerprint density at radius 2 is 2.16 bits per heavy atom. The van der Waals surface area contributed by atoms with Crippen molar-refractivity contribution in [2.24, 2.45) is 5.92 Å². The maximum absolute atomic E-state index is 13.8. The second-order valence-electron chi connectivity index (χ2n) is 4.32. The van der Waals surface area contributed by atoms with Crippen LogP contribution in [0.25, 0.3) is 0 Å². The van der Waals surface area contributed by atoms with Gasteiger partial charge in [0.2, 0.25) is 5.82 Å². The number of hydrogen-bond donors (Lipinski definition) is 1. The highest BCUT2D eigenvalue weighted by Crippen LogP contribution is 2.28. The van der Waals surface area contributed by atoms with Gasteiger partial charge in [-0.05, 0) is 5.92 Å². The molecule has 0 aromatic heterocycles. The third-order valence-electron chi connectivity index (χ3n) is 2.52. The number of nitro groups is 1. The molecule has 1 atom stereocenters. The molecule has 0 aliphatic rings. The van der Waals surface area contributed by atoms with Gasteiger partial charge in [-0.15, -0.1) is 11.8 Å². The fraction of sp³-hybridized carbons (Fsp3) is 0.417. The lowest BCUT2D eigenvalue weighted by molar-refractivity contribution is -0.387. The van der Waals surface area contributed by atoms with Gasteiger partial charge in [0, 0.05) is 17.4 Å². The Bertz CT molecular complexity index is 493. The van der Waals surface area contributed by atoms with E-state index in [9.17, 15) is 19.3 Å². The summed E-state index contributed by atoms with van der Waals surface area (Å²) in [4.78, 5) is 20.8. The largest absolute Gasteiger partial charge is 0.480 e. The molecule has 5 nitrogen and oxygen atoms in total. The number of benzene rings is 1. The molecule has 1 unspecified atom stereocenters. The molecule has 0 spiro atoms. The van der Waals surface area contributed by atoms with Crippen molar-refractivity contribution in [1.29, 1.82) is 0 Å². The molecule has 0 fully saturated rings. The summed E-state index contributed by atoms with van der Waals surface area (Å²) < 4.78 is 13.8. The molecule has 0 bridgehead atoms. The van der Waals surface area contributed by atoms with Crippen molar-refractivity contribution in [3.63, 3.8) is 0 Å². The first-order chi connectivity index (χ1) is 8.84. The van der Waals surface area contributed by atoms with Gasteiger partial charge in [0.15, 0.2) is 0 Å². The maximum Gasteiger partial charge on any atom is 0.316 e. The number of rotatable bonds is 6. The fourth-order valence-electron chi connectivity index (χ4n) is 1.55. The third-order valence-corrected chi connectivity index (χ3v) is 4.11. The highest BCUT2D eigenvalue weighted by atomic mass is 32.2. The molecule has 0 aliphatic carbocycles. The van der Waals surface area contributed by atoms with Gasteiger partial charge in [-0.1, -0.05) is 26.0 Å². The number of aliphatic carboxylic acids is 1. The first kappa shape index (κ1) is 15.4. The van der Waals surface area contributed by atoms with Gasteiger partial charge in [-0.3, -0.25) is 14.9 Å². The lowest BCUT2D eigenvalue weighted by Crippen LogP contribution is -2.22. The Morgan fingerprint density at radius 1 is 1.53 bits per heavy atom. The normalized spacial score (nSPS) is 12.4. The van der Waals surface area contributed by atoms with Crippen molar-refractivity contribution in [3.05, 3.63) is 39.7 Å². The minimum absolute atomic E-state index is 0.0860. The van der Waals surface area contributed by atoms with Crippen LogP contribution in [0.3, 0.4) is 0 Å². The average Bonchev–Trinajstić information content (AvgIpc) is 2.30. The molecule has 1 aromatic carbocycles. The summed E-state index contributed by atoms with van der Waals surface area (Å²) in [5, 5.41) is 18.9. The summed E-state index contributed by atoms with van der Waals surface area (Å²) in [7, 11) is 0. The van der Waals surface area contributed by atoms with Gasteiger partial charge in [-0.25, -0.2) is 0 Å². The molecule has 7 heteroatoms. The van der Waals surface area contributed by atoms with Gasteiger partial charge in [0.1, 0.15) is 5.25 Å². The third kappa shape index (κ3) is 3.92. The second kappa shape index (κ2) is 6.51. The predicted molar refractivity (Wildman–Crippen MR) is 70.6 cm³/mol. The zero-order valence-electron chi connectivity index (χ0n) is 10.5. The SMILES string of the molecule is CC(C)C(SCc1cccc([N+](=O)[O-])c1F)C(=O)O. The number of nitrogens with zero attached hydrogens (tertiary/aromatic N) is 1. The molecule has 1 aromatic rings. The lowest BCUT2D eigenvalue weighted by Gasteiger charge is -2.15. The van der Waals surface area contributed by atoms with Gasteiger partial charge in [0.05, 0.1) is 4.92 Å². The van der Waals surface area contributed by atoms with Crippen LogP contribution in [0.4, 0.5) is 10.1 Å². The lowest BCUT2D eigenvalue weighted by atomic mass is 10.1. The first-order valence-electron chi connectivity index (χ1n) is 5.60. The number of thioether (sulfide) groups is 1. The van der Waals surface area contributed by atoms with Crippen LogP contribution in [-0.2, 0) is 10.5 Å². The zero-order valence-corrected chi connectivity index (χ0v) is 11.3. The van der Waals surface area contributed by atoms with Crippen LogP contribution < -0.4 is 0 Å². The van der Waals surface area contributed by atoms with E-state index in [1.54, 1.807) is 13.8 Å². The summed E-state index contributed by atoms with van der Waals surface area (Å²) in [6, 6.07) is 3.90. The van der Waals surface area contributed by atoms with E-state index in [2.05, 4.69) is 0 Å². The van der Waals surface area contributed by atoms with Crippen molar-refractivity contribution in [2.75, 3.05) is 0 Å². The maximum atomic E-state index is 13.8. The molecule has 0 aliphatic heterocycles. The standard InChI is InChI=1S/C12H14FNO4S/c1-7(2)11(12(15)16)19-6-8-4-3-5-9(10(8)13)14(17)18/h3-5,7,11H,6H2,1-2H3,(H,15,16). The quantitative estimate of drug-likeness (QED) is 0.642. The molecule has 1 N–H and O–H groups in total. The van der Waals surface area contributed by atoms with Gasteiger partial charge in [-0.2, -0.15) is 4.39 Å². The average molecular weight is 287 g/mol. The fourth-order valence-corrected chi connectivity index (χ4v) is 2.66.